The highest BCUT2D eigenvalue weighted by atomic mass is 19.3. The van der Waals surface area contributed by atoms with Gasteiger partial charge in [0.15, 0.2) is 0 Å². The van der Waals surface area contributed by atoms with Crippen LogP contribution >= 0.6 is 0 Å². The first-order valence-electron chi connectivity index (χ1n) is 8.72. The minimum atomic E-state index is -2.36. The lowest BCUT2D eigenvalue weighted by Crippen LogP contribution is -2.51. The summed E-state index contributed by atoms with van der Waals surface area (Å²) in [6, 6.07) is 7.22. The first-order chi connectivity index (χ1) is 12.5. The Morgan fingerprint density at radius 1 is 1.23 bits per heavy atom. The highest BCUT2D eigenvalue weighted by molar-refractivity contribution is 6.01. The monoisotopic (exact) mass is 367 g/mol. The number of nitrogens with zero attached hydrogens (tertiary/aromatic N) is 3. The van der Waals surface area contributed by atoms with Gasteiger partial charge >= 0.3 is 0 Å². The number of methoxy groups -OCH3 is 1. The number of halogens is 2. The first kappa shape index (κ1) is 18.6. The molecular formula is C18H23F2N3O3. The summed E-state index contributed by atoms with van der Waals surface area (Å²) in [6.45, 7) is 1.77. The Morgan fingerprint density at radius 2 is 1.92 bits per heavy atom. The first-order valence-corrected chi connectivity index (χ1v) is 8.72. The molecule has 2 aliphatic heterocycles. The predicted octanol–water partition coefficient (Wildman–Crippen LogP) is 1.46. The minimum Gasteiger partial charge on any atom is -0.495 e. The summed E-state index contributed by atoms with van der Waals surface area (Å²) < 4.78 is 30.2. The van der Waals surface area contributed by atoms with Gasteiger partial charge in [-0.15, -0.1) is 0 Å². The Hall–Kier alpha value is -2.22. The van der Waals surface area contributed by atoms with Gasteiger partial charge in [0, 0.05) is 39.1 Å². The van der Waals surface area contributed by atoms with Crippen molar-refractivity contribution in [1.29, 1.82) is 0 Å². The zero-order valence-corrected chi connectivity index (χ0v) is 14.7. The van der Waals surface area contributed by atoms with Gasteiger partial charge in [-0.1, -0.05) is 12.1 Å². The summed E-state index contributed by atoms with van der Waals surface area (Å²) in [5.74, 6) is 0.000236. The van der Waals surface area contributed by atoms with E-state index < -0.39 is 12.3 Å². The van der Waals surface area contributed by atoms with Crippen molar-refractivity contribution in [1.82, 2.24) is 9.80 Å². The summed E-state index contributed by atoms with van der Waals surface area (Å²) in [7, 11) is 1.54. The molecule has 3 rings (SSSR count). The summed E-state index contributed by atoms with van der Waals surface area (Å²) in [5, 5.41) is 0. The van der Waals surface area contributed by atoms with Gasteiger partial charge in [0.2, 0.25) is 11.8 Å². The Kier molecular flexibility index (Phi) is 5.70. The summed E-state index contributed by atoms with van der Waals surface area (Å²) in [6.07, 6.45) is -2.20. The molecule has 2 aliphatic rings. The fraction of sp³-hybridized carbons (Fsp3) is 0.556. The third kappa shape index (κ3) is 3.95. The number of carbonyl (C=O) groups is 2. The van der Waals surface area contributed by atoms with Gasteiger partial charge in [-0.25, -0.2) is 8.78 Å². The molecule has 0 unspecified atom stereocenters. The Balaban J connectivity index is 1.61. The zero-order valence-electron chi connectivity index (χ0n) is 14.7. The molecule has 26 heavy (non-hydrogen) atoms. The van der Waals surface area contributed by atoms with Crippen LogP contribution in [0.3, 0.4) is 0 Å². The molecule has 0 radical (unpaired) electrons. The molecule has 1 aromatic carbocycles. The molecule has 2 heterocycles. The van der Waals surface area contributed by atoms with Crippen LogP contribution in [0.4, 0.5) is 14.5 Å². The van der Waals surface area contributed by atoms with E-state index >= 15 is 0 Å². The van der Waals surface area contributed by atoms with Crippen molar-refractivity contribution in [2.24, 2.45) is 5.92 Å². The average molecular weight is 367 g/mol. The molecular weight excluding hydrogens is 344 g/mol. The molecule has 0 bridgehead atoms. The number of hydrogen-bond donors (Lipinski definition) is 0. The molecule has 0 N–H and O–H groups in total. The van der Waals surface area contributed by atoms with Gasteiger partial charge < -0.3 is 14.5 Å². The topological polar surface area (TPSA) is 53.1 Å². The zero-order chi connectivity index (χ0) is 18.7. The molecule has 2 amide bonds. The number of ether oxygens (including phenoxy) is 1. The molecule has 0 saturated carbocycles. The number of para-hydroxylation sites is 2. The number of alkyl halides is 2. The van der Waals surface area contributed by atoms with E-state index in [0.717, 1.165) is 0 Å². The maximum Gasteiger partial charge on any atom is 0.251 e. The molecule has 0 aromatic heterocycles. The van der Waals surface area contributed by atoms with Gasteiger partial charge in [0.05, 0.1) is 25.3 Å². The van der Waals surface area contributed by atoms with Crippen LogP contribution in [0.5, 0.6) is 5.75 Å². The Morgan fingerprint density at radius 3 is 2.58 bits per heavy atom. The SMILES string of the molecule is COc1ccccc1N1C[C@@H](C(=O)N2CCN(CC(F)F)CC2)CC1=O. The van der Waals surface area contributed by atoms with Crippen molar-refractivity contribution in [3.05, 3.63) is 24.3 Å². The van der Waals surface area contributed by atoms with E-state index in [-0.39, 0.29) is 24.8 Å². The number of carbonyl (C=O) groups excluding carboxylic acids is 2. The third-order valence-electron chi connectivity index (χ3n) is 4.93. The van der Waals surface area contributed by atoms with Crippen LogP contribution in [-0.2, 0) is 9.59 Å². The fourth-order valence-electron chi connectivity index (χ4n) is 3.56. The van der Waals surface area contributed by atoms with Gasteiger partial charge in [-0.3, -0.25) is 14.5 Å². The van der Waals surface area contributed by atoms with Crippen molar-refractivity contribution in [3.8, 4) is 5.75 Å². The van der Waals surface area contributed by atoms with E-state index in [1.807, 2.05) is 12.1 Å². The Labute approximate surface area is 151 Å². The molecule has 142 valence electrons. The molecule has 0 aliphatic carbocycles. The van der Waals surface area contributed by atoms with Crippen LogP contribution in [0.1, 0.15) is 6.42 Å². The quantitative estimate of drug-likeness (QED) is 0.791. The molecule has 8 heteroatoms. The maximum absolute atomic E-state index is 12.8. The third-order valence-corrected chi connectivity index (χ3v) is 4.93. The largest absolute Gasteiger partial charge is 0.495 e. The van der Waals surface area contributed by atoms with Crippen LogP contribution in [0.15, 0.2) is 24.3 Å². The van der Waals surface area contributed by atoms with Gasteiger partial charge in [-0.2, -0.15) is 0 Å². The van der Waals surface area contributed by atoms with Gasteiger partial charge in [0.25, 0.3) is 6.43 Å². The normalized spacial score (nSPS) is 21.5. The number of benzene rings is 1. The van der Waals surface area contributed by atoms with Crippen LogP contribution in [0, 0.1) is 5.92 Å². The summed E-state index contributed by atoms with van der Waals surface area (Å²) >= 11 is 0. The second kappa shape index (κ2) is 7.99. The molecule has 0 spiro atoms. The van der Waals surface area contributed by atoms with Crippen LogP contribution < -0.4 is 9.64 Å². The van der Waals surface area contributed by atoms with Crippen molar-refractivity contribution >= 4 is 17.5 Å². The highest BCUT2D eigenvalue weighted by Gasteiger charge is 2.38. The van der Waals surface area contributed by atoms with E-state index in [9.17, 15) is 18.4 Å². The molecule has 1 atom stereocenters. The van der Waals surface area contributed by atoms with E-state index in [1.54, 1.807) is 33.9 Å². The lowest BCUT2D eigenvalue weighted by atomic mass is 10.1. The minimum absolute atomic E-state index is 0.0764. The van der Waals surface area contributed by atoms with Gasteiger partial charge in [0.1, 0.15) is 5.75 Å². The highest BCUT2D eigenvalue weighted by Crippen LogP contribution is 2.33. The van der Waals surface area contributed by atoms with Crippen molar-refractivity contribution in [2.75, 3.05) is 51.3 Å². The second-order valence-corrected chi connectivity index (χ2v) is 6.59. The summed E-state index contributed by atoms with van der Waals surface area (Å²) in [5.41, 5.74) is 0.664. The van der Waals surface area contributed by atoms with E-state index in [0.29, 0.717) is 44.2 Å². The fourth-order valence-corrected chi connectivity index (χ4v) is 3.56. The standard InChI is InChI=1S/C18H23F2N3O3/c1-26-15-5-3-2-4-14(15)23-11-13(10-17(23)24)18(25)22-8-6-21(7-9-22)12-16(19)20/h2-5,13,16H,6-12H2,1H3/t13-/m0/s1. The van der Waals surface area contributed by atoms with Crippen molar-refractivity contribution in [2.45, 2.75) is 12.8 Å². The second-order valence-electron chi connectivity index (χ2n) is 6.59. The maximum atomic E-state index is 12.8. The van der Waals surface area contributed by atoms with E-state index in [4.69, 9.17) is 4.74 Å². The van der Waals surface area contributed by atoms with Gasteiger partial charge in [-0.05, 0) is 12.1 Å². The van der Waals surface area contributed by atoms with Crippen molar-refractivity contribution in [3.63, 3.8) is 0 Å². The summed E-state index contributed by atoms with van der Waals surface area (Å²) in [4.78, 5) is 30.1. The van der Waals surface area contributed by atoms with E-state index in [2.05, 4.69) is 0 Å². The molecule has 6 nitrogen and oxygen atoms in total. The molecule has 2 saturated heterocycles. The van der Waals surface area contributed by atoms with Crippen molar-refractivity contribution < 1.29 is 23.1 Å². The Bertz CT molecular complexity index is 663. The molecule has 1 aromatic rings. The number of rotatable bonds is 5. The number of hydrogen-bond acceptors (Lipinski definition) is 4. The number of piperazine rings is 1. The lowest BCUT2D eigenvalue weighted by molar-refractivity contribution is -0.137. The van der Waals surface area contributed by atoms with Crippen LogP contribution in [0.25, 0.3) is 0 Å². The van der Waals surface area contributed by atoms with E-state index in [1.165, 1.54) is 0 Å². The van der Waals surface area contributed by atoms with Crippen LogP contribution in [0.2, 0.25) is 0 Å². The van der Waals surface area contributed by atoms with Crippen LogP contribution in [-0.4, -0.2) is 74.4 Å². The molecule has 2 fully saturated rings. The smallest absolute Gasteiger partial charge is 0.251 e. The predicted molar refractivity (Wildman–Crippen MR) is 92.5 cm³/mol. The average Bonchev–Trinajstić information content (AvgIpc) is 3.02. The number of amides is 2. The number of anilines is 1. The lowest BCUT2D eigenvalue weighted by Gasteiger charge is -2.35.